The highest BCUT2D eigenvalue weighted by Crippen LogP contribution is 2.27. The normalized spacial score (nSPS) is 19.8. The van der Waals surface area contributed by atoms with Crippen LogP contribution in [0, 0.1) is 5.92 Å². The zero-order valence-corrected chi connectivity index (χ0v) is 12.5. The second-order valence-electron chi connectivity index (χ2n) is 6.04. The van der Waals surface area contributed by atoms with Crippen molar-refractivity contribution in [2.75, 3.05) is 32.8 Å². The molecule has 0 aliphatic heterocycles. The summed E-state index contributed by atoms with van der Waals surface area (Å²) in [5.41, 5.74) is -0.0926. The molecule has 3 heteroatoms. The molecule has 0 spiro atoms. The van der Waals surface area contributed by atoms with Crippen molar-refractivity contribution in [3.8, 4) is 0 Å². The summed E-state index contributed by atoms with van der Waals surface area (Å²) < 4.78 is 0. The van der Waals surface area contributed by atoms with Crippen LogP contribution in [0.15, 0.2) is 0 Å². The van der Waals surface area contributed by atoms with Gasteiger partial charge in [-0.05, 0) is 58.2 Å². The van der Waals surface area contributed by atoms with Gasteiger partial charge in [0.25, 0.3) is 0 Å². The maximum absolute atomic E-state index is 9.46. The van der Waals surface area contributed by atoms with Crippen molar-refractivity contribution in [1.82, 2.24) is 10.2 Å². The summed E-state index contributed by atoms with van der Waals surface area (Å²) in [7, 11) is 0. The van der Waals surface area contributed by atoms with Crippen LogP contribution in [-0.2, 0) is 0 Å². The average Bonchev–Trinajstić information content (AvgIpc) is 2.31. The smallest absolute Gasteiger partial charge is 0.0610 e. The fourth-order valence-corrected chi connectivity index (χ4v) is 2.76. The van der Waals surface area contributed by atoms with Gasteiger partial charge in [0.2, 0.25) is 0 Å². The molecule has 1 saturated carbocycles. The van der Waals surface area contributed by atoms with E-state index in [1.54, 1.807) is 0 Å². The van der Waals surface area contributed by atoms with Crippen LogP contribution in [0.4, 0.5) is 0 Å². The van der Waals surface area contributed by atoms with Crippen molar-refractivity contribution in [1.29, 1.82) is 0 Å². The number of hydrogen-bond acceptors (Lipinski definition) is 3. The Hall–Kier alpha value is -0.120. The van der Waals surface area contributed by atoms with Crippen molar-refractivity contribution < 1.29 is 5.11 Å². The van der Waals surface area contributed by atoms with Crippen LogP contribution in [0.5, 0.6) is 0 Å². The van der Waals surface area contributed by atoms with Crippen LogP contribution in [0.3, 0.4) is 0 Å². The molecule has 18 heavy (non-hydrogen) atoms. The van der Waals surface area contributed by atoms with Crippen LogP contribution < -0.4 is 5.32 Å². The van der Waals surface area contributed by atoms with E-state index in [4.69, 9.17) is 0 Å². The number of nitrogens with one attached hydrogen (secondary N) is 1. The van der Waals surface area contributed by atoms with Gasteiger partial charge in [0.15, 0.2) is 0 Å². The van der Waals surface area contributed by atoms with Crippen LogP contribution >= 0.6 is 0 Å². The molecule has 0 radical (unpaired) electrons. The van der Waals surface area contributed by atoms with Gasteiger partial charge in [-0.15, -0.1) is 0 Å². The molecule has 1 rings (SSSR count). The topological polar surface area (TPSA) is 35.5 Å². The van der Waals surface area contributed by atoms with Crippen LogP contribution in [-0.4, -0.2) is 48.3 Å². The molecule has 1 unspecified atom stereocenters. The minimum absolute atomic E-state index is 0.0926. The van der Waals surface area contributed by atoms with E-state index in [0.29, 0.717) is 0 Å². The van der Waals surface area contributed by atoms with E-state index in [0.717, 1.165) is 25.4 Å². The first-order valence-corrected chi connectivity index (χ1v) is 7.71. The van der Waals surface area contributed by atoms with E-state index in [2.05, 4.69) is 31.0 Å². The van der Waals surface area contributed by atoms with E-state index >= 15 is 0 Å². The van der Waals surface area contributed by atoms with Gasteiger partial charge in [0.05, 0.1) is 6.61 Å². The highest BCUT2D eigenvalue weighted by Gasteiger charge is 2.23. The van der Waals surface area contributed by atoms with Gasteiger partial charge in [-0.2, -0.15) is 0 Å². The van der Waals surface area contributed by atoms with Crippen molar-refractivity contribution in [3.05, 3.63) is 0 Å². The van der Waals surface area contributed by atoms with Crippen LogP contribution in [0.1, 0.15) is 52.9 Å². The molecular formula is C15H32N2O. The van der Waals surface area contributed by atoms with Crippen molar-refractivity contribution in [3.63, 3.8) is 0 Å². The van der Waals surface area contributed by atoms with Gasteiger partial charge in [-0.3, -0.25) is 0 Å². The second kappa shape index (κ2) is 8.13. The number of aliphatic hydroxyl groups is 1. The lowest BCUT2D eigenvalue weighted by Gasteiger charge is -2.33. The molecule has 1 atom stereocenters. The highest BCUT2D eigenvalue weighted by atomic mass is 16.3. The third kappa shape index (κ3) is 5.25. The zero-order valence-electron chi connectivity index (χ0n) is 12.5. The number of aliphatic hydroxyl groups excluding tert-OH is 1. The standard InChI is InChI=1S/C15H32N2O/c1-4-16-15(3,13-18)10-7-11-17(5-2)12-14-8-6-9-14/h14,16,18H,4-13H2,1-3H3. The fraction of sp³-hybridized carbons (Fsp3) is 1.00. The molecule has 108 valence electrons. The Morgan fingerprint density at radius 3 is 2.50 bits per heavy atom. The summed E-state index contributed by atoms with van der Waals surface area (Å²) in [6, 6.07) is 0. The molecule has 1 fully saturated rings. The zero-order chi connectivity index (χ0) is 13.4. The fourth-order valence-electron chi connectivity index (χ4n) is 2.76. The first-order chi connectivity index (χ1) is 8.63. The molecule has 0 aromatic carbocycles. The number of rotatable bonds is 10. The number of likely N-dealkylation sites (N-methyl/N-ethyl adjacent to an activating group) is 1. The third-order valence-corrected chi connectivity index (χ3v) is 4.34. The molecule has 0 bridgehead atoms. The molecular weight excluding hydrogens is 224 g/mol. The Morgan fingerprint density at radius 1 is 1.33 bits per heavy atom. The third-order valence-electron chi connectivity index (χ3n) is 4.34. The Bertz CT molecular complexity index is 219. The van der Waals surface area contributed by atoms with Gasteiger partial charge < -0.3 is 15.3 Å². The van der Waals surface area contributed by atoms with E-state index in [1.807, 2.05) is 0 Å². The van der Waals surface area contributed by atoms with Crippen LogP contribution in [0.25, 0.3) is 0 Å². The lowest BCUT2D eigenvalue weighted by atomic mass is 9.85. The largest absolute Gasteiger partial charge is 0.394 e. The lowest BCUT2D eigenvalue weighted by Crippen LogP contribution is -2.46. The molecule has 0 aromatic rings. The summed E-state index contributed by atoms with van der Waals surface area (Å²) in [4.78, 5) is 2.58. The van der Waals surface area contributed by atoms with Gasteiger partial charge in [-0.1, -0.05) is 20.3 Å². The molecule has 2 N–H and O–H groups in total. The van der Waals surface area contributed by atoms with E-state index < -0.39 is 0 Å². The quantitative estimate of drug-likeness (QED) is 0.629. The predicted molar refractivity (Wildman–Crippen MR) is 77.9 cm³/mol. The summed E-state index contributed by atoms with van der Waals surface area (Å²) in [6.07, 6.45) is 6.53. The van der Waals surface area contributed by atoms with E-state index in [-0.39, 0.29) is 12.1 Å². The second-order valence-corrected chi connectivity index (χ2v) is 6.04. The minimum atomic E-state index is -0.0926. The van der Waals surface area contributed by atoms with Gasteiger partial charge in [0.1, 0.15) is 0 Å². The molecule has 3 nitrogen and oxygen atoms in total. The maximum Gasteiger partial charge on any atom is 0.0610 e. The van der Waals surface area contributed by atoms with Gasteiger partial charge in [-0.25, -0.2) is 0 Å². The van der Waals surface area contributed by atoms with Gasteiger partial charge in [0, 0.05) is 12.1 Å². The lowest BCUT2D eigenvalue weighted by molar-refractivity contribution is 0.148. The molecule has 0 heterocycles. The Morgan fingerprint density at radius 2 is 2.06 bits per heavy atom. The Balaban J connectivity index is 2.20. The number of hydrogen-bond donors (Lipinski definition) is 2. The highest BCUT2D eigenvalue weighted by molar-refractivity contribution is 4.82. The Labute approximate surface area is 113 Å². The molecule has 0 aromatic heterocycles. The van der Waals surface area contributed by atoms with Crippen molar-refractivity contribution in [2.45, 2.75) is 58.4 Å². The summed E-state index contributed by atoms with van der Waals surface area (Å²) in [5.74, 6) is 0.961. The van der Waals surface area contributed by atoms with E-state index in [9.17, 15) is 5.11 Å². The minimum Gasteiger partial charge on any atom is -0.394 e. The summed E-state index contributed by atoms with van der Waals surface area (Å²) in [5, 5.41) is 12.9. The molecule has 0 amide bonds. The maximum atomic E-state index is 9.46. The predicted octanol–water partition coefficient (Wildman–Crippen LogP) is 2.25. The SMILES string of the molecule is CCNC(C)(CO)CCCN(CC)CC1CCC1. The van der Waals surface area contributed by atoms with E-state index in [1.165, 1.54) is 38.8 Å². The van der Waals surface area contributed by atoms with Gasteiger partial charge >= 0.3 is 0 Å². The number of nitrogens with zero attached hydrogens (tertiary/aromatic N) is 1. The summed E-state index contributed by atoms with van der Waals surface area (Å²) in [6.45, 7) is 11.3. The molecule has 0 saturated heterocycles. The first-order valence-electron chi connectivity index (χ1n) is 7.71. The van der Waals surface area contributed by atoms with Crippen molar-refractivity contribution >= 4 is 0 Å². The Kier molecular flexibility index (Phi) is 7.20. The monoisotopic (exact) mass is 256 g/mol. The first kappa shape index (κ1) is 15.9. The molecule has 1 aliphatic carbocycles. The molecule has 1 aliphatic rings. The van der Waals surface area contributed by atoms with Crippen LogP contribution in [0.2, 0.25) is 0 Å². The average molecular weight is 256 g/mol. The summed E-state index contributed by atoms with van der Waals surface area (Å²) >= 11 is 0. The van der Waals surface area contributed by atoms with Crippen molar-refractivity contribution in [2.24, 2.45) is 5.92 Å².